The molecule has 7 rings (SSSR count). The third kappa shape index (κ3) is 7.01. The van der Waals surface area contributed by atoms with E-state index in [4.69, 9.17) is 33.1 Å². The number of hydrogen-bond donors (Lipinski definition) is 3. The van der Waals surface area contributed by atoms with E-state index < -0.39 is 0 Å². The van der Waals surface area contributed by atoms with Crippen LogP contribution in [0.15, 0.2) is 65.4 Å². The van der Waals surface area contributed by atoms with Crippen LogP contribution in [0, 0.1) is 6.57 Å². The van der Waals surface area contributed by atoms with Gasteiger partial charge in [0.25, 0.3) is 5.82 Å². The highest BCUT2D eigenvalue weighted by atomic mass is 79.9. The largest absolute Gasteiger partial charge is 0.496 e. The van der Waals surface area contributed by atoms with Crippen molar-refractivity contribution in [2.45, 2.75) is 77.4 Å². The van der Waals surface area contributed by atoms with Crippen molar-refractivity contribution in [2.75, 3.05) is 17.2 Å². The van der Waals surface area contributed by atoms with Gasteiger partial charge in [-0.1, -0.05) is 46.8 Å². The molecule has 1 saturated heterocycles. The van der Waals surface area contributed by atoms with Crippen molar-refractivity contribution in [1.29, 1.82) is 0 Å². The van der Waals surface area contributed by atoms with Gasteiger partial charge in [-0.15, -0.1) is 4.98 Å². The monoisotopic (exact) mass is 666 g/mol. The van der Waals surface area contributed by atoms with E-state index >= 15 is 0 Å². The second-order valence-electron chi connectivity index (χ2n) is 12.6. The molecule has 4 aromatic rings. The molecule has 0 radical (unpaired) electrons. The molecular weight excluding hydrogens is 627 g/mol. The molecule has 0 bridgehead atoms. The number of nitrogen functional groups attached to an aromatic ring is 3. The van der Waals surface area contributed by atoms with Crippen molar-refractivity contribution < 1.29 is 9.31 Å². The van der Waals surface area contributed by atoms with Crippen molar-refractivity contribution in [3.63, 3.8) is 0 Å². The van der Waals surface area contributed by atoms with Crippen LogP contribution >= 0.6 is 15.9 Å². The lowest BCUT2D eigenvalue weighted by Crippen LogP contribution is -2.41. The van der Waals surface area contributed by atoms with Gasteiger partial charge in [-0.3, -0.25) is 0 Å². The van der Waals surface area contributed by atoms with Crippen molar-refractivity contribution in [3.8, 4) is 11.1 Å². The first-order chi connectivity index (χ1) is 21.4. The van der Waals surface area contributed by atoms with E-state index in [9.17, 15) is 0 Å². The second kappa shape index (κ2) is 13.2. The summed E-state index contributed by atoms with van der Waals surface area (Å²) in [5, 5.41) is 0. The topological polar surface area (TPSA) is 127 Å². The molecule has 0 amide bonds. The van der Waals surface area contributed by atoms with Crippen LogP contribution in [-0.4, -0.2) is 28.3 Å². The normalized spacial score (nSPS) is 16.8. The first kappa shape index (κ1) is 32.5. The van der Waals surface area contributed by atoms with Gasteiger partial charge < -0.3 is 31.4 Å². The third-order valence-electron chi connectivity index (χ3n) is 9.11. The minimum Gasteiger partial charge on any atom is -0.399 e. The molecule has 0 atom stereocenters. The maximum absolute atomic E-state index is 7.01. The second-order valence-corrected chi connectivity index (χ2v) is 13.5. The van der Waals surface area contributed by atoms with Crippen LogP contribution in [0.2, 0.25) is 0 Å². The van der Waals surface area contributed by atoms with E-state index in [-0.39, 0.29) is 18.3 Å². The highest BCUT2D eigenvalue weighted by Crippen LogP contribution is 2.38. The molecule has 3 heterocycles. The molecule has 2 aliphatic carbocycles. The summed E-state index contributed by atoms with van der Waals surface area (Å²) >= 11 is 3.24. The van der Waals surface area contributed by atoms with Crippen LogP contribution in [0.3, 0.4) is 0 Å². The maximum Gasteiger partial charge on any atom is 0.496 e. The Kier molecular flexibility index (Phi) is 9.54. The smallest absolute Gasteiger partial charge is 0.399 e. The van der Waals surface area contributed by atoms with E-state index in [0.717, 1.165) is 58.1 Å². The maximum atomic E-state index is 7.01. The van der Waals surface area contributed by atoms with E-state index in [1.54, 1.807) is 24.5 Å². The van der Waals surface area contributed by atoms with Crippen LogP contribution < -0.4 is 22.7 Å². The molecule has 10 heteroatoms. The van der Waals surface area contributed by atoms with Gasteiger partial charge in [-0.05, 0) is 118 Å². The van der Waals surface area contributed by atoms with Gasteiger partial charge in [0.15, 0.2) is 0 Å². The van der Waals surface area contributed by atoms with Crippen LogP contribution in [-0.2, 0) is 35.0 Å². The highest BCUT2D eigenvalue weighted by Gasteiger charge is 2.52. The summed E-state index contributed by atoms with van der Waals surface area (Å²) in [6, 6.07) is 15.7. The van der Waals surface area contributed by atoms with Crippen molar-refractivity contribution in [2.24, 2.45) is 0 Å². The zero-order valence-corrected chi connectivity index (χ0v) is 27.9. The Morgan fingerprint density at radius 2 is 1.38 bits per heavy atom. The zero-order chi connectivity index (χ0) is 32.4. The Bertz CT molecular complexity index is 1720. The lowest BCUT2D eigenvalue weighted by atomic mass is 9.76. The van der Waals surface area contributed by atoms with Gasteiger partial charge in [0.2, 0.25) is 0 Å². The fraction of sp³-hybridized carbons (Fsp3) is 0.343. The van der Waals surface area contributed by atoms with E-state index in [2.05, 4.69) is 82.7 Å². The van der Waals surface area contributed by atoms with E-state index in [1.165, 1.54) is 35.1 Å². The quantitative estimate of drug-likeness (QED) is 0.121. The van der Waals surface area contributed by atoms with E-state index in [1.807, 2.05) is 12.1 Å². The molecule has 3 aliphatic rings. The number of rotatable bonds is 2. The summed E-state index contributed by atoms with van der Waals surface area (Å²) in [6.07, 6.45) is 10.1. The van der Waals surface area contributed by atoms with Gasteiger partial charge in [0.05, 0.1) is 11.2 Å². The lowest BCUT2D eigenvalue weighted by Gasteiger charge is -2.32. The SMILES string of the molecule is CC1(C)OB(c2ccc3c(c2N)CCC3)OC1(C)C.Nc1cc(Br)ccn1.[C-]#[N+]c1cc(-c2ccc3c(c2N)CCC3)ccn1. The fourth-order valence-corrected chi connectivity index (χ4v) is 6.26. The minimum absolute atomic E-state index is 0.316. The molecule has 6 N–H and O–H groups in total. The average molecular weight is 667 g/mol. The van der Waals surface area contributed by atoms with Crippen LogP contribution in [0.5, 0.6) is 0 Å². The van der Waals surface area contributed by atoms with Crippen molar-refractivity contribution in [3.05, 3.63) is 99.1 Å². The number of aryl methyl sites for hydroxylation is 2. The third-order valence-corrected chi connectivity index (χ3v) is 9.60. The number of hydrogen-bond acceptors (Lipinski definition) is 7. The first-order valence-corrected chi connectivity index (χ1v) is 16.1. The summed E-state index contributed by atoms with van der Waals surface area (Å²) in [7, 11) is -0.351. The molecule has 1 fully saturated rings. The number of anilines is 3. The number of nitrogens with zero attached hydrogens (tertiary/aromatic N) is 3. The molecule has 232 valence electrons. The molecule has 8 nitrogen and oxygen atoms in total. The summed E-state index contributed by atoms with van der Waals surface area (Å²) < 4.78 is 13.1. The Morgan fingerprint density at radius 3 is 1.96 bits per heavy atom. The van der Waals surface area contributed by atoms with Gasteiger partial charge in [0, 0.05) is 33.1 Å². The Morgan fingerprint density at radius 1 is 0.778 bits per heavy atom. The zero-order valence-electron chi connectivity index (χ0n) is 26.4. The molecule has 45 heavy (non-hydrogen) atoms. The summed E-state index contributed by atoms with van der Waals surface area (Å²) in [5.74, 6) is 0.951. The molecule has 0 spiro atoms. The molecule has 2 aromatic heterocycles. The van der Waals surface area contributed by atoms with Crippen molar-refractivity contribution in [1.82, 2.24) is 9.97 Å². The molecule has 1 aliphatic heterocycles. The molecule has 0 saturated carbocycles. The van der Waals surface area contributed by atoms with Gasteiger partial charge >= 0.3 is 7.12 Å². The van der Waals surface area contributed by atoms with Crippen molar-refractivity contribution >= 4 is 51.5 Å². The average Bonchev–Trinajstić information content (AvgIpc) is 3.72. The number of nitrogens with two attached hydrogens (primary N) is 3. The fourth-order valence-electron chi connectivity index (χ4n) is 5.90. The molecule has 2 aromatic carbocycles. The molecular formula is C35H40BBrN6O2. The van der Waals surface area contributed by atoms with Gasteiger partial charge in [-0.25, -0.2) is 4.98 Å². The predicted octanol–water partition coefficient (Wildman–Crippen LogP) is 6.85. The molecule has 0 unspecified atom stereocenters. The van der Waals surface area contributed by atoms with Crippen LogP contribution in [0.1, 0.15) is 62.8 Å². The predicted molar refractivity (Wildman–Crippen MR) is 187 cm³/mol. The summed E-state index contributed by atoms with van der Waals surface area (Å²) in [4.78, 5) is 11.1. The summed E-state index contributed by atoms with van der Waals surface area (Å²) in [6.45, 7) is 15.3. The Hall–Kier alpha value is -3.91. The number of halogens is 1. The van der Waals surface area contributed by atoms with Crippen LogP contribution in [0.4, 0.5) is 23.0 Å². The minimum atomic E-state index is -0.351. The van der Waals surface area contributed by atoms with Gasteiger partial charge in [0.1, 0.15) is 12.0 Å². The first-order valence-electron chi connectivity index (χ1n) is 15.3. The van der Waals surface area contributed by atoms with E-state index in [0.29, 0.717) is 11.6 Å². The number of pyridine rings is 2. The van der Waals surface area contributed by atoms with Crippen LogP contribution in [0.25, 0.3) is 16.0 Å². The Balaban J connectivity index is 0.000000144. The summed E-state index contributed by atoms with van der Waals surface area (Å²) in [5.41, 5.74) is 27.3. The number of aromatic nitrogens is 2. The standard InChI is InChI=1S/C15H22BNO2.C15H13N3.C5H5BrN2/c1-14(2)15(3,4)19-16(18-14)12-9-8-10-6-5-7-11(10)13(12)17;1-17-14-9-11(7-8-18-14)13-6-5-10-3-2-4-12(10)15(13)16;6-4-1-2-8-5(7)3-4/h8-9H,5-7,17H2,1-4H3;5-9H,2-4,16H2;1-3H,(H2,7,8). The highest BCUT2D eigenvalue weighted by molar-refractivity contribution is 9.10. The lowest BCUT2D eigenvalue weighted by molar-refractivity contribution is 0.00578. The number of benzene rings is 2. The van der Waals surface area contributed by atoms with Gasteiger partial charge in [-0.2, -0.15) is 0 Å². The number of fused-ring (bicyclic) bond motifs is 2. The Labute approximate surface area is 274 Å².